The fourth-order valence-electron chi connectivity index (χ4n) is 3.25. The van der Waals surface area contributed by atoms with Crippen LogP contribution in [-0.4, -0.2) is 22.6 Å². The Kier molecular flexibility index (Phi) is 6.39. The number of carbonyl (C=O) groups excluding carboxylic acids is 2. The van der Waals surface area contributed by atoms with Crippen molar-refractivity contribution in [3.05, 3.63) is 81.5 Å². The van der Waals surface area contributed by atoms with Crippen molar-refractivity contribution < 1.29 is 19.2 Å². The number of fused-ring (bicyclic) bond motifs is 1. The molecular weight excluding hydrogens is 453 g/mol. The molecule has 0 bridgehead atoms. The third-order valence-electron chi connectivity index (χ3n) is 4.73. The van der Waals surface area contributed by atoms with Gasteiger partial charge in [-0.2, -0.15) is 0 Å². The molecule has 0 unspecified atom stereocenters. The summed E-state index contributed by atoms with van der Waals surface area (Å²) in [6.45, 7) is 1.31. The number of benzene rings is 2. The van der Waals surface area contributed by atoms with Gasteiger partial charge in [-0.15, -0.1) is 0 Å². The summed E-state index contributed by atoms with van der Waals surface area (Å²) in [4.78, 5) is 32.5. The lowest BCUT2D eigenvalue weighted by atomic mass is 10.1. The molecule has 1 N–H and O–H groups in total. The molecule has 0 aliphatic heterocycles. The van der Waals surface area contributed by atoms with Gasteiger partial charge in [0.2, 0.25) is 5.88 Å². The molecule has 0 saturated carbocycles. The summed E-state index contributed by atoms with van der Waals surface area (Å²) in [7, 11) is 0. The number of aromatic nitrogens is 1. The van der Waals surface area contributed by atoms with E-state index in [-0.39, 0.29) is 5.91 Å². The van der Waals surface area contributed by atoms with Crippen LogP contribution < -0.4 is 10.1 Å². The van der Waals surface area contributed by atoms with Crippen LogP contribution in [0.4, 0.5) is 5.69 Å². The molecule has 1 amide bonds. The summed E-state index contributed by atoms with van der Waals surface area (Å²) in [6.07, 6.45) is 2.86. The first kappa shape index (κ1) is 21.8. The number of pyridine rings is 1. The molecule has 3 aromatic rings. The average molecular weight is 470 g/mol. The van der Waals surface area contributed by atoms with Gasteiger partial charge in [-0.05, 0) is 43.2 Å². The van der Waals surface area contributed by atoms with Crippen molar-refractivity contribution in [2.24, 2.45) is 5.16 Å². The van der Waals surface area contributed by atoms with Crippen molar-refractivity contribution >= 4 is 46.5 Å². The third kappa shape index (κ3) is 4.90. The van der Waals surface area contributed by atoms with Gasteiger partial charge in [-0.25, -0.2) is 9.78 Å². The molecule has 0 spiro atoms. The number of nitrogens with zero attached hydrogens (tertiary/aromatic N) is 2. The summed E-state index contributed by atoms with van der Waals surface area (Å²) in [6, 6.07) is 13.6. The average Bonchev–Trinajstić information content (AvgIpc) is 3.19. The zero-order chi connectivity index (χ0) is 22.7. The Balaban J connectivity index is 1.46. The van der Waals surface area contributed by atoms with Crippen molar-refractivity contribution in [1.29, 1.82) is 0 Å². The Labute approximate surface area is 194 Å². The van der Waals surface area contributed by atoms with E-state index in [0.717, 1.165) is 11.1 Å². The first-order chi connectivity index (χ1) is 15.4. The highest BCUT2D eigenvalue weighted by molar-refractivity contribution is 6.42. The molecule has 1 heterocycles. The van der Waals surface area contributed by atoms with E-state index in [9.17, 15) is 9.59 Å². The van der Waals surface area contributed by atoms with E-state index in [4.69, 9.17) is 32.8 Å². The van der Waals surface area contributed by atoms with E-state index in [2.05, 4.69) is 15.5 Å². The highest BCUT2D eigenvalue weighted by atomic mass is 35.5. The summed E-state index contributed by atoms with van der Waals surface area (Å²) in [5, 5.41) is 7.36. The molecule has 4 rings (SSSR count). The quantitative estimate of drug-likeness (QED) is 0.385. The highest BCUT2D eigenvalue weighted by Crippen LogP contribution is 2.33. The molecule has 2 aromatic carbocycles. The number of halogens is 2. The van der Waals surface area contributed by atoms with E-state index in [1.165, 1.54) is 19.2 Å². The van der Waals surface area contributed by atoms with Gasteiger partial charge in [-0.1, -0.05) is 40.5 Å². The van der Waals surface area contributed by atoms with E-state index in [0.29, 0.717) is 51.5 Å². The van der Waals surface area contributed by atoms with Crippen molar-refractivity contribution in [2.75, 3.05) is 5.32 Å². The van der Waals surface area contributed by atoms with Gasteiger partial charge in [0, 0.05) is 29.7 Å². The van der Waals surface area contributed by atoms with Crippen LogP contribution in [0.25, 0.3) is 0 Å². The summed E-state index contributed by atoms with van der Waals surface area (Å²) in [5.74, 6) is 0.223. The molecule has 1 aromatic heterocycles. The van der Waals surface area contributed by atoms with Crippen molar-refractivity contribution in [3.8, 4) is 11.6 Å². The number of hydrogen-bond donors (Lipinski definition) is 1. The van der Waals surface area contributed by atoms with Crippen LogP contribution in [0.3, 0.4) is 0 Å². The van der Waals surface area contributed by atoms with E-state index in [1.54, 1.807) is 24.3 Å². The molecular formula is C23H17Cl2N3O4. The molecule has 162 valence electrons. The van der Waals surface area contributed by atoms with E-state index >= 15 is 0 Å². The van der Waals surface area contributed by atoms with Gasteiger partial charge in [0.15, 0.2) is 0 Å². The fraction of sp³-hybridized carbons (Fsp3) is 0.130. The van der Waals surface area contributed by atoms with Crippen LogP contribution in [0.5, 0.6) is 11.6 Å². The number of nitrogens with one attached hydrogen (secondary N) is 1. The standard InChI is InChI=1S/C23H17Cl2N3O4/c1-13(29)32-28-20-9-7-17-16(20)3-2-4-21(17)31-22-10-6-15(12-26-22)27-23(30)14-5-8-18(24)19(25)11-14/h2-6,8,10-12H,7,9H2,1H3,(H,27,30). The lowest BCUT2D eigenvalue weighted by molar-refractivity contribution is -0.140. The zero-order valence-electron chi connectivity index (χ0n) is 16.9. The van der Waals surface area contributed by atoms with Crippen LogP contribution in [0.2, 0.25) is 10.0 Å². The second kappa shape index (κ2) is 9.38. The second-order valence-electron chi connectivity index (χ2n) is 6.97. The molecule has 0 radical (unpaired) electrons. The zero-order valence-corrected chi connectivity index (χ0v) is 18.4. The molecule has 1 aliphatic carbocycles. The van der Waals surface area contributed by atoms with Crippen LogP contribution >= 0.6 is 23.2 Å². The van der Waals surface area contributed by atoms with Gasteiger partial charge in [0.25, 0.3) is 5.91 Å². The molecule has 0 saturated heterocycles. The minimum absolute atomic E-state index is 0.303. The van der Waals surface area contributed by atoms with Gasteiger partial charge >= 0.3 is 5.97 Å². The molecule has 32 heavy (non-hydrogen) atoms. The first-order valence-electron chi connectivity index (χ1n) is 9.68. The predicted molar refractivity (Wildman–Crippen MR) is 122 cm³/mol. The Hall–Kier alpha value is -3.42. The minimum Gasteiger partial charge on any atom is -0.439 e. The summed E-state index contributed by atoms with van der Waals surface area (Å²) in [5.41, 5.74) is 3.44. The van der Waals surface area contributed by atoms with Gasteiger partial charge in [-0.3, -0.25) is 4.79 Å². The highest BCUT2D eigenvalue weighted by Gasteiger charge is 2.22. The maximum atomic E-state index is 12.4. The maximum absolute atomic E-state index is 12.4. The Morgan fingerprint density at radius 2 is 1.91 bits per heavy atom. The Morgan fingerprint density at radius 3 is 2.62 bits per heavy atom. The number of hydrogen-bond acceptors (Lipinski definition) is 6. The molecule has 1 aliphatic rings. The smallest absolute Gasteiger partial charge is 0.331 e. The van der Waals surface area contributed by atoms with Crippen molar-refractivity contribution in [3.63, 3.8) is 0 Å². The van der Waals surface area contributed by atoms with E-state index in [1.807, 2.05) is 18.2 Å². The Bertz CT molecular complexity index is 1230. The lowest BCUT2D eigenvalue weighted by Gasteiger charge is -2.10. The van der Waals surface area contributed by atoms with Gasteiger partial charge in [0.05, 0.1) is 27.6 Å². The molecule has 0 atom stereocenters. The number of rotatable bonds is 5. The SMILES string of the molecule is CC(=O)ON=C1CCc2c(Oc3ccc(NC(=O)c4ccc(Cl)c(Cl)c4)cn3)cccc21. The fourth-order valence-corrected chi connectivity index (χ4v) is 3.55. The summed E-state index contributed by atoms with van der Waals surface area (Å²) >= 11 is 11.9. The van der Waals surface area contributed by atoms with Crippen LogP contribution in [0, 0.1) is 0 Å². The van der Waals surface area contributed by atoms with Crippen LogP contribution in [-0.2, 0) is 16.1 Å². The number of carbonyl (C=O) groups is 2. The van der Waals surface area contributed by atoms with Crippen LogP contribution in [0.15, 0.2) is 59.9 Å². The lowest BCUT2D eigenvalue weighted by Crippen LogP contribution is -2.12. The predicted octanol–water partition coefficient (Wildman–Crippen LogP) is 5.65. The number of oxime groups is 1. The second-order valence-corrected chi connectivity index (χ2v) is 7.79. The maximum Gasteiger partial charge on any atom is 0.331 e. The topological polar surface area (TPSA) is 89.9 Å². The number of ether oxygens (including phenoxy) is 1. The first-order valence-corrected chi connectivity index (χ1v) is 10.4. The molecule has 9 heteroatoms. The van der Waals surface area contributed by atoms with Gasteiger partial charge < -0.3 is 14.9 Å². The molecule has 7 nitrogen and oxygen atoms in total. The monoisotopic (exact) mass is 469 g/mol. The number of anilines is 1. The van der Waals surface area contributed by atoms with Crippen molar-refractivity contribution in [1.82, 2.24) is 4.98 Å². The minimum atomic E-state index is -0.464. The van der Waals surface area contributed by atoms with Gasteiger partial charge in [0.1, 0.15) is 5.75 Å². The van der Waals surface area contributed by atoms with Crippen molar-refractivity contribution in [2.45, 2.75) is 19.8 Å². The largest absolute Gasteiger partial charge is 0.439 e. The van der Waals surface area contributed by atoms with E-state index < -0.39 is 5.97 Å². The molecule has 0 fully saturated rings. The Morgan fingerprint density at radius 1 is 1.06 bits per heavy atom. The number of amides is 1. The normalized spacial score (nSPS) is 13.5. The van der Waals surface area contributed by atoms with Crippen LogP contribution in [0.1, 0.15) is 34.8 Å². The third-order valence-corrected chi connectivity index (χ3v) is 5.47. The summed E-state index contributed by atoms with van der Waals surface area (Å²) < 4.78 is 5.95.